The number of dihydropyridines is 1. The molecule has 196 valence electrons. The second-order valence-corrected chi connectivity index (χ2v) is 11.0. The van der Waals surface area contributed by atoms with E-state index in [1.807, 2.05) is 29.9 Å². The smallest absolute Gasteiger partial charge is 0.175 e. The molecule has 0 spiro atoms. The molecule has 3 unspecified atom stereocenters. The summed E-state index contributed by atoms with van der Waals surface area (Å²) in [5.74, 6) is -0.0523. The molecule has 5 heterocycles. The number of aromatic nitrogens is 2. The molecule has 1 saturated heterocycles. The van der Waals surface area contributed by atoms with Gasteiger partial charge in [-0.15, -0.1) is 0 Å². The van der Waals surface area contributed by atoms with Gasteiger partial charge in [0.25, 0.3) is 0 Å². The number of fused-ring (bicyclic) bond motifs is 1. The second kappa shape index (κ2) is 9.70. The average molecular weight is 505 g/mol. The Kier molecular flexibility index (Phi) is 6.38. The highest BCUT2D eigenvalue weighted by molar-refractivity contribution is 5.92. The first-order valence-electron chi connectivity index (χ1n) is 13.4. The molecule has 0 bridgehead atoms. The summed E-state index contributed by atoms with van der Waals surface area (Å²) in [6.07, 6.45) is 7.45. The maximum Gasteiger partial charge on any atom is 0.175 e. The minimum Gasteiger partial charge on any atom is -0.369 e. The van der Waals surface area contributed by atoms with Crippen LogP contribution in [0.3, 0.4) is 0 Å². The van der Waals surface area contributed by atoms with Crippen LogP contribution in [0.25, 0.3) is 16.6 Å². The maximum absolute atomic E-state index is 14.9. The van der Waals surface area contributed by atoms with Crippen LogP contribution < -0.4 is 16.0 Å². The second-order valence-electron chi connectivity index (χ2n) is 11.0. The molecule has 6 rings (SSSR count). The van der Waals surface area contributed by atoms with Gasteiger partial charge in [-0.1, -0.05) is 26.0 Å². The lowest BCUT2D eigenvalue weighted by Gasteiger charge is -2.38. The van der Waals surface area contributed by atoms with Crippen molar-refractivity contribution in [1.29, 1.82) is 0 Å². The predicted molar refractivity (Wildman–Crippen MR) is 147 cm³/mol. The Bertz CT molecular complexity index is 1320. The summed E-state index contributed by atoms with van der Waals surface area (Å²) < 4.78 is 16.9. The molecular weight excluding hydrogens is 467 g/mol. The van der Waals surface area contributed by atoms with Gasteiger partial charge in [-0.3, -0.25) is 19.9 Å². The Hall–Kier alpha value is -3.01. The maximum atomic E-state index is 14.9. The van der Waals surface area contributed by atoms with E-state index in [9.17, 15) is 4.39 Å². The van der Waals surface area contributed by atoms with Gasteiger partial charge < -0.3 is 15.5 Å². The molecule has 0 saturated carbocycles. The third-order valence-corrected chi connectivity index (χ3v) is 8.02. The van der Waals surface area contributed by atoms with E-state index < -0.39 is 6.29 Å². The van der Waals surface area contributed by atoms with Gasteiger partial charge in [-0.25, -0.2) is 4.39 Å². The summed E-state index contributed by atoms with van der Waals surface area (Å²) in [5.41, 5.74) is 5.97. The van der Waals surface area contributed by atoms with Crippen LogP contribution in [0.15, 0.2) is 52.4 Å². The molecule has 3 N–H and O–H groups in total. The van der Waals surface area contributed by atoms with Crippen molar-refractivity contribution in [3.63, 3.8) is 0 Å². The monoisotopic (exact) mass is 504 g/mol. The van der Waals surface area contributed by atoms with E-state index in [1.165, 1.54) is 30.5 Å². The Morgan fingerprint density at radius 1 is 1.16 bits per heavy atom. The number of rotatable bonds is 5. The van der Waals surface area contributed by atoms with Crippen molar-refractivity contribution >= 4 is 22.8 Å². The van der Waals surface area contributed by atoms with E-state index in [0.717, 1.165) is 48.2 Å². The Balaban J connectivity index is 1.13. The van der Waals surface area contributed by atoms with Crippen LogP contribution in [0.5, 0.6) is 0 Å². The van der Waals surface area contributed by atoms with E-state index in [1.54, 1.807) is 0 Å². The van der Waals surface area contributed by atoms with Crippen LogP contribution in [-0.4, -0.2) is 77.5 Å². The summed E-state index contributed by atoms with van der Waals surface area (Å²) in [5, 5.41) is 16.1. The van der Waals surface area contributed by atoms with Crippen molar-refractivity contribution < 1.29 is 4.39 Å². The van der Waals surface area contributed by atoms with Gasteiger partial charge in [0.2, 0.25) is 0 Å². The normalized spacial score (nSPS) is 26.8. The number of aryl methyl sites for hydroxylation is 1. The van der Waals surface area contributed by atoms with Gasteiger partial charge in [0.1, 0.15) is 0 Å². The molecule has 8 nitrogen and oxygen atoms in total. The van der Waals surface area contributed by atoms with Gasteiger partial charge in [-0.2, -0.15) is 5.10 Å². The number of hydrogen-bond donors (Lipinski definition) is 3. The van der Waals surface area contributed by atoms with E-state index in [-0.39, 0.29) is 12.0 Å². The summed E-state index contributed by atoms with van der Waals surface area (Å²) >= 11 is 0. The third-order valence-electron chi connectivity index (χ3n) is 8.02. The Morgan fingerprint density at radius 3 is 2.81 bits per heavy atom. The van der Waals surface area contributed by atoms with Crippen molar-refractivity contribution in [2.45, 2.75) is 51.1 Å². The summed E-state index contributed by atoms with van der Waals surface area (Å²) in [6.45, 7) is 8.73. The number of likely N-dealkylation sites (N-methyl/N-ethyl adjacent to an activating group) is 1. The fourth-order valence-electron chi connectivity index (χ4n) is 6.18. The topological polar surface area (TPSA) is 72.8 Å². The molecule has 1 aromatic carbocycles. The fraction of sp³-hybridized carbons (Fsp3) is 0.500. The van der Waals surface area contributed by atoms with Crippen molar-refractivity contribution in [2.24, 2.45) is 12.0 Å². The lowest BCUT2D eigenvalue weighted by molar-refractivity contribution is 0.203. The highest BCUT2D eigenvalue weighted by Crippen LogP contribution is 2.30. The Morgan fingerprint density at radius 2 is 2.03 bits per heavy atom. The zero-order valence-corrected chi connectivity index (χ0v) is 22.1. The summed E-state index contributed by atoms with van der Waals surface area (Å²) in [7, 11) is 4.17. The van der Waals surface area contributed by atoms with Crippen molar-refractivity contribution in [2.75, 3.05) is 33.2 Å². The minimum atomic E-state index is -0.443. The zero-order chi connectivity index (χ0) is 25.7. The molecule has 3 atom stereocenters. The molecular formula is C28H37FN8. The molecule has 9 heteroatoms. The molecule has 0 aliphatic carbocycles. The molecule has 4 aliphatic heterocycles. The van der Waals surface area contributed by atoms with Crippen LogP contribution in [0.1, 0.15) is 43.9 Å². The van der Waals surface area contributed by atoms with Crippen LogP contribution >= 0.6 is 0 Å². The first-order chi connectivity index (χ1) is 17.9. The SMILES string of the molecule is CC(C)c1c2cc(C3=C(F)C=NC(NC4C=CC5=C(CCN(C6CCN(C)C6)C5)N4)N3)ccc2nn1C. The number of hydrogen-bond acceptors (Lipinski definition) is 7. The van der Waals surface area contributed by atoms with Crippen LogP contribution in [0.4, 0.5) is 4.39 Å². The van der Waals surface area contributed by atoms with Gasteiger partial charge >= 0.3 is 0 Å². The molecule has 1 fully saturated rings. The Labute approximate surface area is 218 Å². The lowest BCUT2D eigenvalue weighted by Crippen LogP contribution is -2.53. The van der Waals surface area contributed by atoms with E-state index in [0.29, 0.717) is 17.7 Å². The number of aliphatic imine (C=N–C) groups is 1. The number of allylic oxidation sites excluding steroid dienone is 1. The first-order valence-corrected chi connectivity index (χ1v) is 13.4. The predicted octanol–water partition coefficient (Wildman–Crippen LogP) is 3.03. The number of halogens is 1. The van der Waals surface area contributed by atoms with Crippen LogP contribution in [0.2, 0.25) is 0 Å². The number of likely N-dealkylation sites (tertiary alicyclic amines) is 1. The first kappa shape index (κ1) is 24.3. The average Bonchev–Trinajstić information content (AvgIpc) is 3.46. The van der Waals surface area contributed by atoms with Crippen LogP contribution in [0, 0.1) is 0 Å². The van der Waals surface area contributed by atoms with Gasteiger partial charge in [0, 0.05) is 61.5 Å². The number of nitrogens with one attached hydrogen (secondary N) is 3. The van der Waals surface area contributed by atoms with Gasteiger partial charge in [0.15, 0.2) is 12.1 Å². The zero-order valence-electron chi connectivity index (χ0n) is 22.1. The molecule has 2 aromatic rings. The van der Waals surface area contributed by atoms with Crippen molar-refractivity contribution in [3.05, 3.63) is 58.7 Å². The van der Waals surface area contributed by atoms with E-state index >= 15 is 0 Å². The third kappa shape index (κ3) is 4.71. The fourth-order valence-corrected chi connectivity index (χ4v) is 6.18. The minimum absolute atomic E-state index is 0.0756. The lowest BCUT2D eigenvalue weighted by atomic mass is 10.00. The van der Waals surface area contributed by atoms with Crippen LogP contribution in [-0.2, 0) is 7.05 Å². The van der Waals surface area contributed by atoms with Gasteiger partial charge in [0.05, 0.1) is 23.6 Å². The number of nitrogens with zero attached hydrogens (tertiary/aromatic N) is 5. The van der Waals surface area contributed by atoms with Crippen molar-refractivity contribution in [1.82, 2.24) is 35.5 Å². The molecule has 37 heavy (non-hydrogen) atoms. The molecule has 1 aromatic heterocycles. The highest BCUT2D eigenvalue weighted by Gasteiger charge is 2.31. The number of benzene rings is 1. The largest absolute Gasteiger partial charge is 0.369 e. The summed E-state index contributed by atoms with van der Waals surface area (Å²) in [4.78, 5) is 9.41. The quantitative estimate of drug-likeness (QED) is 0.582. The van der Waals surface area contributed by atoms with E-state index in [2.05, 4.69) is 68.9 Å². The standard InChI is InChI=1S/C28H37FN8/c1-17(2)27-21-13-18(5-7-24(21)34-36(27)4)26-22(29)14-30-28(33-26)32-25-8-6-19-15-37(12-10-23(19)31-25)20-9-11-35(3)16-20/h5-8,13-14,17,20,25,28,31-33H,9-12,15-16H2,1-4H3. The summed E-state index contributed by atoms with van der Waals surface area (Å²) in [6, 6.07) is 6.57. The van der Waals surface area contributed by atoms with E-state index in [4.69, 9.17) is 0 Å². The van der Waals surface area contributed by atoms with Crippen molar-refractivity contribution in [3.8, 4) is 0 Å². The molecule has 0 amide bonds. The van der Waals surface area contributed by atoms with Gasteiger partial charge in [-0.05, 0) is 49.7 Å². The molecule has 0 radical (unpaired) electrons. The highest BCUT2D eigenvalue weighted by atomic mass is 19.1. The molecule has 4 aliphatic rings.